The van der Waals surface area contributed by atoms with Gasteiger partial charge in [-0.25, -0.2) is 0 Å². The van der Waals surface area contributed by atoms with Gasteiger partial charge in [0.2, 0.25) is 0 Å². The summed E-state index contributed by atoms with van der Waals surface area (Å²) in [7, 11) is 1.62. The van der Waals surface area contributed by atoms with Gasteiger partial charge in [0.05, 0.1) is 7.11 Å². The van der Waals surface area contributed by atoms with Crippen molar-refractivity contribution in [3.63, 3.8) is 0 Å². The van der Waals surface area contributed by atoms with Gasteiger partial charge in [0, 0.05) is 18.2 Å². The molecular weight excluding hydrogens is 228 g/mol. The molecule has 4 nitrogen and oxygen atoms in total. The van der Waals surface area contributed by atoms with Gasteiger partial charge in [-0.1, -0.05) is 19.9 Å². The van der Waals surface area contributed by atoms with Crippen LogP contribution in [0.1, 0.15) is 25.8 Å². The smallest absolute Gasteiger partial charge is 0.184 e. The zero-order valence-corrected chi connectivity index (χ0v) is 11.2. The summed E-state index contributed by atoms with van der Waals surface area (Å²) < 4.78 is 10.9. The summed E-state index contributed by atoms with van der Waals surface area (Å²) in [5.41, 5.74) is 1.03. The molecule has 0 saturated heterocycles. The maximum Gasteiger partial charge on any atom is 0.184 e. The Morgan fingerprint density at radius 1 is 1.39 bits per heavy atom. The third-order valence-electron chi connectivity index (χ3n) is 2.62. The second-order valence-corrected chi connectivity index (χ2v) is 3.90. The fraction of sp³-hybridized carbons (Fsp3) is 0.500. The number of hydrogen-bond acceptors (Lipinski definition) is 4. The highest BCUT2D eigenvalue weighted by atomic mass is 16.5. The maximum absolute atomic E-state index is 8.96. The molecule has 0 saturated carbocycles. The third-order valence-corrected chi connectivity index (χ3v) is 2.62. The van der Waals surface area contributed by atoms with Gasteiger partial charge in [0.1, 0.15) is 17.6 Å². The molecule has 1 rings (SSSR count). The van der Waals surface area contributed by atoms with Crippen molar-refractivity contribution in [3.05, 3.63) is 23.8 Å². The zero-order chi connectivity index (χ0) is 13.4. The Morgan fingerprint density at radius 2 is 2.17 bits per heavy atom. The lowest BCUT2D eigenvalue weighted by molar-refractivity contribution is 0.247. The molecule has 0 aliphatic carbocycles. The lowest BCUT2D eigenvalue weighted by atomic mass is 10.2. The van der Waals surface area contributed by atoms with Gasteiger partial charge in [0.25, 0.3) is 0 Å². The Bertz CT molecular complexity index is 413. The molecule has 18 heavy (non-hydrogen) atoms. The molecule has 0 aliphatic rings. The molecule has 1 unspecified atom stereocenters. The fourth-order valence-electron chi connectivity index (χ4n) is 1.53. The maximum atomic E-state index is 8.96. The summed E-state index contributed by atoms with van der Waals surface area (Å²) >= 11 is 0. The summed E-state index contributed by atoms with van der Waals surface area (Å²) in [4.78, 5) is 0. The van der Waals surface area contributed by atoms with E-state index in [1.54, 1.807) is 7.11 Å². The van der Waals surface area contributed by atoms with E-state index >= 15 is 0 Å². The number of nitriles is 1. The van der Waals surface area contributed by atoms with Crippen molar-refractivity contribution in [2.24, 2.45) is 0 Å². The van der Waals surface area contributed by atoms with E-state index in [1.807, 2.05) is 32.0 Å². The van der Waals surface area contributed by atoms with Gasteiger partial charge in [-0.15, -0.1) is 0 Å². The van der Waals surface area contributed by atoms with Crippen molar-refractivity contribution in [2.75, 3.05) is 13.7 Å². The predicted octanol–water partition coefficient (Wildman–Crippen LogP) is 2.49. The molecule has 0 heterocycles. The minimum absolute atomic E-state index is 0.419. The van der Waals surface area contributed by atoms with Gasteiger partial charge >= 0.3 is 0 Å². The highest BCUT2D eigenvalue weighted by molar-refractivity contribution is 5.41. The fourth-order valence-corrected chi connectivity index (χ4v) is 1.53. The molecule has 0 spiro atoms. The van der Waals surface area contributed by atoms with Crippen LogP contribution in [0.15, 0.2) is 18.2 Å². The normalized spacial score (nSPS) is 11.7. The SMILES string of the molecule is CCNCc1ccc(OC)cc1OC(C#N)CC. The molecule has 1 aromatic rings. The number of nitrogens with one attached hydrogen (secondary N) is 1. The first-order valence-corrected chi connectivity index (χ1v) is 6.19. The highest BCUT2D eigenvalue weighted by Gasteiger charge is 2.11. The van der Waals surface area contributed by atoms with E-state index in [0.717, 1.165) is 24.4 Å². The van der Waals surface area contributed by atoms with Gasteiger partial charge in [-0.3, -0.25) is 0 Å². The summed E-state index contributed by atoms with van der Waals surface area (Å²) in [5.74, 6) is 1.45. The van der Waals surface area contributed by atoms with Crippen LogP contribution in [0, 0.1) is 11.3 Å². The van der Waals surface area contributed by atoms with E-state index in [4.69, 9.17) is 14.7 Å². The van der Waals surface area contributed by atoms with E-state index in [2.05, 4.69) is 11.4 Å². The first-order valence-electron chi connectivity index (χ1n) is 6.19. The van der Waals surface area contributed by atoms with Crippen molar-refractivity contribution in [1.29, 1.82) is 5.26 Å². The largest absolute Gasteiger partial charge is 0.497 e. The van der Waals surface area contributed by atoms with Crippen LogP contribution in [0.4, 0.5) is 0 Å². The minimum Gasteiger partial charge on any atom is -0.497 e. The summed E-state index contributed by atoms with van der Waals surface area (Å²) in [5, 5.41) is 12.2. The molecule has 0 amide bonds. The van der Waals surface area contributed by atoms with Gasteiger partial charge in [0.15, 0.2) is 6.10 Å². The van der Waals surface area contributed by atoms with Crippen LogP contribution >= 0.6 is 0 Å². The van der Waals surface area contributed by atoms with E-state index in [0.29, 0.717) is 12.2 Å². The van der Waals surface area contributed by atoms with Crippen molar-refractivity contribution in [2.45, 2.75) is 32.9 Å². The topological polar surface area (TPSA) is 54.3 Å². The monoisotopic (exact) mass is 248 g/mol. The Balaban J connectivity index is 2.92. The first-order chi connectivity index (χ1) is 8.74. The van der Waals surface area contributed by atoms with E-state index in [9.17, 15) is 0 Å². The molecule has 0 bridgehead atoms. The Morgan fingerprint density at radius 3 is 2.72 bits per heavy atom. The summed E-state index contributed by atoms with van der Waals surface area (Å²) in [6.45, 7) is 5.59. The van der Waals surface area contributed by atoms with Crippen LogP contribution < -0.4 is 14.8 Å². The lowest BCUT2D eigenvalue weighted by Crippen LogP contribution is -2.16. The highest BCUT2D eigenvalue weighted by Crippen LogP contribution is 2.26. The Labute approximate surface area is 109 Å². The molecule has 1 atom stereocenters. The summed E-state index contributed by atoms with van der Waals surface area (Å²) in [6, 6.07) is 7.82. The van der Waals surface area contributed by atoms with Crippen LogP contribution in [-0.4, -0.2) is 19.8 Å². The third kappa shape index (κ3) is 3.94. The number of rotatable bonds is 7. The van der Waals surface area contributed by atoms with Crippen molar-refractivity contribution < 1.29 is 9.47 Å². The molecule has 98 valence electrons. The second kappa shape index (κ2) is 7.57. The molecule has 0 radical (unpaired) electrons. The number of ether oxygens (including phenoxy) is 2. The van der Waals surface area contributed by atoms with E-state index in [1.165, 1.54) is 0 Å². The predicted molar refractivity (Wildman–Crippen MR) is 70.7 cm³/mol. The molecule has 4 heteroatoms. The van der Waals surface area contributed by atoms with Gasteiger partial charge in [-0.2, -0.15) is 5.26 Å². The Hall–Kier alpha value is -1.73. The number of hydrogen-bond donors (Lipinski definition) is 1. The van der Waals surface area contributed by atoms with Crippen LogP contribution in [0.2, 0.25) is 0 Å². The van der Waals surface area contributed by atoms with Crippen LogP contribution in [0.25, 0.3) is 0 Å². The van der Waals surface area contributed by atoms with Gasteiger partial charge in [-0.05, 0) is 19.0 Å². The number of nitrogens with zero attached hydrogens (tertiary/aromatic N) is 1. The second-order valence-electron chi connectivity index (χ2n) is 3.90. The quantitative estimate of drug-likeness (QED) is 0.805. The van der Waals surface area contributed by atoms with Crippen LogP contribution in [-0.2, 0) is 6.54 Å². The van der Waals surface area contributed by atoms with Crippen molar-refractivity contribution in [1.82, 2.24) is 5.32 Å². The standard InChI is InChI=1S/C14H20N2O2/c1-4-12(9-15)18-14-8-13(17-3)7-6-11(14)10-16-5-2/h6-8,12,16H,4-5,10H2,1-3H3. The molecule has 0 aromatic heterocycles. The average molecular weight is 248 g/mol. The van der Waals surface area contributed by atoms with Gasteiger partial charge < -0.3 is 14.8 Å². The van der Waals surface area contributed by atoms with E-state index < -0.39 is 6.10 Å². The zero-order valence-electron chi connectivity index (χ0n) is 11.2. The van der Waals surface area contributed by atoms with E-state index in [-0.39, 0.29) is 0 Å². The van der Waals surface area contributed by atoms with Crippen LogP contribution in [0.3, 0.4) is 0 Å². The Kier molecular flexibility index (Phi) is 6.03. The first kappa shape index (κ1) is 14.3. The average Bonchev–Trinajstić information content (AvgIpc) is 2.42. The molecular formula is C14H20N2O2. The number of benzene rings is 1. The van der Waals surface area contributed by atoms with Crippen molar-refractivity contribution >= 4 is 0 Å². The minimum atomic E-state index is -0.419. The molecule has 1 aromatic carbocycles. The summed E-state index contributed by atoms with van der Waals surface area (Å²) in [6.07, 6.45) is 0.242. The lowest BCUT2D eigenvalue weighted by Gasteiger charge is -2.15. The van der Waals surface area contributed by atoms with Crippen LogP contribution in [0.5, 0.6) is 11.5 Å². The molecule has 0 fully saturated rings. The van der Waals surface area contributed by atoms with Crippen molar-refractivity contribution in [3.8, 4) is 17.6 Å². The molecule has 0 aliphatic heterocycles. The number of methoxy groups -OCH3 is 1. The molecule has 1 N–H and O–H groups in total.